The van der Waals surface area contributed by atoms with Gasteiger partial charge in [0.1, 0.15) is 0 Å². The van der Waals surface area contributed by atoms with Gasteiger partial charge < -0.3 is 4.55 Å². The Bertz CT molecular complexity index is 587. The van der Waals surface area contributed by atoms with E-state index in [4.69, 9.17) is 5.26 Å². The Labute approximate surface area is 89.2 Å². The van der Waals surface area contributed by atoms with Gasteiger partial charge in [-0.15, -0.1) is 0 Å². The molecule has 0 spiro atoms. The van der Waals surface area contributed by atoms with E-state index in [-0.39, 0.29) is 4.90 Å². The van der Waals surface area contributed by atoms with E-state index < -0.39 is 11.1 Å². The fourth-order valence-corrected chi connectivity index (χ4v) is 2.07. The molecule has 0 bridgehead atoms. The van der Waals surface area contributed by atoms with Crippen molar-refractivity contribution in [3.05, 3.63) is 42.0 Å². The van der Waals surface area contributed by atoms with Crippen molar-refractivity contribution in [3.8, 4) is 6.07 Å². The highest BCUT2D eigenvalue weighted by molar-refractivity contribution is 7.79. The van der Waals surface area contributed by atoms with Crippen molar-refractivity contribution in [2.45, 2.75) is 4.90 Å². The summed E-state index contributed by atoms with van der Waals surface area (Å²) >= 11 is -2.32. The molecule has 0 saturated heterocycles. The minimum absolute atomic E-state index is 0.171. The zero-order chi connectivity index (χ0) is 10.8. The van der Waals surface area contributed by atoms with Crippen LogP contribution in [0.15, 0.2) is 41.3 Å². The topological polar surface area (TPSA) is 63.9 Å². The molecule has 2 aromatic carbocycles. The van der Waals surface area contributed by atoms with Gasteiger partial charge in [-0.1, -0.05) is 24.3 Å². The van der Waals surface area contributed by atoms with Crippen molar-refractivity contribution in [3.63, 3.8) is 0 Å². The summed E-state index contributed by atoms with van der Waals surface area (Å²) in [5.74, 6) is 0. The van der Waals surface area contributed by atoms with Gasteiger partial charge in [0.25, 0.3) is 0 Å². The molecule has 74 valence electrons. The van der Waals surface area contributed by atoms with E-state index in [1.165, 1.54) is 6.07 Å². The zero-order valence-electron chi connectivity index (χ0n) is 7.64. The molecule has 0 heterocycles. The van der Waals surface area contributed by atoms with Crippen LogP contribution in [0.2, 0.25) is 0 Å². The highest BCUT2D eigenvalue weighted by Gasteiger charge is 2.03. The SMILES string of the molecule is N#Cc1cc(S(=O)[O-])c2ccccc2c1. The Kier molecular flexibility index (Phi) is 2.50. The van der Waals surface area contributed by atoms with Gasteiger partial charge in [-0.05, 0) is 34.0 Å². The lowest BCUT2D eigenvalue weighted by molar-refractivity contribution is 0.538. The largest absolute Gasteiger partial charge is 0.768 e. The number of nitrogens with zero attached hydrogens (tertiary/aromatic N) is 1. The molecule has 0 aliphatic heterocycles. The first kappa shape index (κ1) is 9.84. The third-order valence-electron chi connectivity index (χ3n) is 2.13. The fraction of sp³-hybridized carbons (Fsp3) is 0. The van der Waals surface area contributed by atoms with Crippen LogP contribution in [-0.4, -0.2) is 8.76 Å². The van der Waals surface area contributed by atoms with Crippen LogP contribution >= 0.6 is 0 Å². The van der Waals surface area contributed by atoms with Crippen LogP contribution in [0.25, 0.3) is 10.8 Å². The van der Waals surface area contributed by atoms with E-state index in [0.717, 1.165) is 5.39 Å². The molecule has 1 unspecified atom stereocenters. The summed E-state index contributed by atoms with van der Waals surface area (Å²) in [7, 11) is 0. The van der Waals surface area contributed by atoms with E-state index in [1.807, 2.05) is 6.07 Å². The molecule has 0 N–H and O–H groups in total. The number of nitriles is 1. The van der Waals surface area contributed by atoms with Gasteiger partial charge in [0.05, 0.1) is 11.6 Å². The lowest BCUT2D eigenvalue weighted by Gasteiger charge is -2.09. The van der Waals surface area contributed by atoms with E-state index in [2.05, 4.69) is 0 Å². The second kappa shape index (κ2) is 3.81. The molecule has 1 atom stereocenters. The highest BCUT2D eigenvalue weighted by atomic mass is 32.2. The lowest BCUT2D eigenvalue weighted by Crippen LogP contribution is -1.92. The van der Waals surface area contributed by atoms with E-state index in [0.29, 0.717) is 10.9 Å². The normalized spacial score (nSPS) is 12.3. The molecule has 15 heavy (non-hydrogen) atoms. The monoisotopic (exact) mass is 216 g/mol. The number of rotatable bonds is 1. The Balaban J connectivity index is 2.88. The minimum Gasteiger partial charge on any atom is -0.768 e. The molecule has 4 heteroatoms. The molecule has 2 aromatic rings. The van der Waals surface area contributed by atoms with Crippen molar-refractivity contribution in [1.29, 1.82) is 5.26 Å². The summed E-state index contributed by atoms with van der Waals surface area (Å²) in [5.41, 5.74) is 0.355. The molecule has 0 aromatic heterocycles. The van der Waals surface area contributed by atoms with Crippen molar-refractivity contribution in [2.75, 3.05) is 0 Å². The van der Waals surface area contributed by atoms with Gasteiger partial charge in [0.15, 0.2) is 0 Å². The third-order valence-corrected chi connectivity index (χ3v) is 2.83. The maximum Gasteiger partial charge on any atom is 0.0992 e. The standard InChI is InChI=1S/C11H7NO2S/c12-7-8-5-9-3-1-2-4-10(9)11(6-8)15(13)14/h1-6H,(H,13,14)/p-1. The average Bonchev–Trinajstić information content (AvgIpc) is 2.27. The second-order valence-corrected chi connectivity index (χ2v) is 3.95. The smallest absolute Gasteiger partial charge is 0.0992 e. The van der Waals surface area contributed by atoms with Crippen molar-refractivity contribution >= 4 is 21.9 Å². The van der Waals surface area contributed by atoms with E-state index in [9.17, 15) is 8.76 Å². The molecule has 0 amide bonds. The van der Waals surface area contributed by atoms with Crippen molar-refractivity contribution < 1.29 is 8.76 Å². The third kappa shape index (κ3) is 1.75. The molecule has 0 fully saturated rings. The van der Waals surface area contributed by atoms with E-state index >= 15 is 0 Å². The maximum absolute atomic E-state index is 11.0. The summed E-state index contributed by atoms with van der Waals surface area (Å²) in [6.45, 7) is 0. The Morgan fingerprint density at radius 1 is 1.27 bits per heavy atom. The van der Waals surface area contributed by atoms with E-state index in [1.54, 1.807) is 30.3 Å². The summed E-state index contributed by atoms with van der Waals surface area (Å²) in [4.78, 5) is 0.171. The Morgan fingerprint density at radius 3 is 2.67 bits per heavy atom. The Morgan fingerprint density at radius 2 is 2.00 bits per heavy atom. The molecule has 0 radical (unpaired) electrons. The van der Waals surface area contributed by atoms with Gasteiger partial charge in [-0.25, -0.2) is 0 Å². The molecular formula is C11H6NO2S-. The second-order valence-electron chi connectivity index (χ2n) is 3.04. The number of hydrogen-bond acceptors (Lipinski definition) is 3. The molecular weight excluding hydrogens is 210 g/mol. The molecule has 0 saturated carbocycles. The Hall–Kier alpha value is -1.70. The molecule has 0 aliphatic carbocycles. The highest BCUT2D eigenvalue weighted by Crippen LogP contribution is 2.22. The quantitative estimate of drug-likeness (QED) is 0.684. The summed E-state index contributed by atoms with van der Waals surface area (Å²) in [5, 5.41) is 10.2. The first-order valence-electron chi connectivity index (χ1n) is 4.24. The fourth-order valence-electron chi connectivity index (χ4n) is 1.48. The average molecular weight is 216 g/mol. The predicted molar refractivity (Wildman–Crippen MR) is 55.8 cm³/mol. The number of fused-ring (bicyclic) bond motifs is 1. The molecule has 3 nitrogen and oxygen atoms in total. The number of benzene rings is 2. The van der Waals surface area contributed by atoms with Gasteiger partial charge in [0, 0.05) is 4.90 Å². The van der Waals surface area contributed by atoms with Crippen LogP contribution < -0.4 is 0 Å². The minimum atomic E-state index is -2.32. The van der Waals surface area contributed by atoms with Crippen LogP contribution in [0.3, 0.4) is 0 Å². The first-order chi connectivity index (χ1) is 7.22. The maximum atomic E-state index is 11.0. The van der Waals surface area contributed by atoms with Gasteiger partial charge in [-0.2, -0.15) is 5.26 Å². The molecule has 0 aliphatic rings. The van der Waals surface area contributed by atoms with Gasteiger partial charge in [0.2, 0.25) is 0 Å². The predicted octanol–water partition coefficient (Wildman–Crippen LogP) is 1.95. The number of hydrogen-bond donors (Lipinski definition) is 0. The lowest BCUT2D eigenvalue weighted by atomic mass is 10.1. The van der Waals surface area contributed by atoms with Crippen LogP contribution in [0, 0.1) is 11.3 Å². The first-order valence-corrected chi connectivity index (χ1v) is 5.32. The van der Waals surface area contributed by atoms with Crippen molar-refractivity contribution in [1.82, 2.24) is 0 Å². The van der Waals surface area contributed by atoms with Crippen LogP contribution in [0.4, 0.5) is 0 Å². The van der Waals surface area contributed by atoms with Gasteiger partial charge in [-0.3, -0.25) is 4.21 Å². The van der Waals surface area contributed by atoms with Crippen LogP contribution in [-0.2, 0) is 11.1 Å². The summed E-state index contributed by atoms with van der Waals surface area (Å²) in [6, 6.07) is 12.1. The molecule has 2 rings (SSSR count). The van der Waals surface area contributed by atoms with Crippen LogP contribution in [0.1, 0.15) is 5.56 Å². The van der Waals surface area contributed by atoms with Crippen molar-refractivity contribution in [2.24, 2.45) is 0 Å². The summed E-state index contributed by atoms with van der Waals surface area (Å²) < 4.78 is 21.9. The zero-order valence-corrected chi connectivity index (χ0v) is 8.45. The van der Waals surface area contributed by atoms with Crippen LogP contribution in [0.5, 0.6) is 0 Å². The summed E-state index contributed by atoms with van der Waals surface area (Å²) in [6.07, 6.45) is 0. The van der Waals surface area contributed by atoms with Gasteiger partial charge >= 0.3 is 0 Å².